The number of β-amino-alcohol motifs (C(OH)–C–C–N with tert-alkyl or cyclic N) is 1. The van der Waals surface area contributed by atoms with Crippen molar-refractivity contribution in [3.8, 4) is 5.75 Å². The zero-order valence-corrected chi connectivity index (χ0v) is 14.9. The third-order valence-corrected chi connectivity index (χ3v) is 4.28. The highest BCUT2D eigenvalue weighted by Crippen LogP contribution is 2.17. The normalized spacial score (nSPS) is 20.5. The van der Waals surface area contributed by atoms with E-state index < -0.39 is 5.60 Å². The number of hydrogen-bond acceptors (Lipinski definition) is 5. The number of pyridine rings is 1. The van der Waals surface area contributed by atoms with E-state index in [1.165, 1.54) is 0 Å². The Morgan fingerprint density at radius 2 is 2.15 bits per heavy atom. The van der Waals surface area contributed by atoms with E-state index in [-0.39, 0.29) is 32.1 Å². The molecule has 2 aromatic rings. The van der Waals surface area contributed by atoms with Gasteiger partial charge in [-0.2, -0.15) is 0 Å². The maximum Gasteiger partial charge on any atom is 0.227 e. The van der Waals surface area contributed by atoms with Crippen LogP contribution >= 0.6 is 0 Å². The van der Waals surface area contributed by atoms with Crippen molar-refractivity contribution < 1.29 is 19.4 Å². The number of amides is 1. The number of para-hydroxylation sites is 1. The number of rotatable bonds is 5. The average molecular weight is 356 g/mol. The highest BCUT2D eigenvalue weighted by atomic mass is 16.5. The highest BCUT2D eigenvalue weighted by molar-refractivity contribution is 5.79. The second-order valence-corrected chi connectivity index (χ2v) is 6.68. The van der Waals surface area contributed by atoms with Crippen molar-refractivity contribution in [2.75, 3.05) is 32.9 Å². The largest absolute Gasteiger partial charge is 0.490 e. The predicted octanol–water partition coefficient (Wildman–Crippen LogP) is 1.60. The molecule has 0 unspecified atom stereocenters. The van der Waals surface area contributed by atoms with Gasteiger partial charge in [-0.1, -0.05) is 18.2 Å². The number of nitrogens with zero attached hydrogens (tertiary/aromatic N) is 2. The minimum absolute atomic E-state index is 0.0424. The number of carbonyl (C=O) groups is 1. The molecule has 1 atom stereocenters. The molecule has 0 bridgehead atoms. The molecule has 0 spiro atoms. The molecule has 1 aliphatic heterocycles. The number of ether oxygens (including phenoxy) is 2. The van der Waals surface area contributed by atoms with Gasteiger partial charge in [-0.15, -0.1) is 0 Å². The van der Waals surface area contributed by atoms with E-state index in [2.05, 4.69) is 4.98 Å². The van der Waals surface area contributed by atoms with E-state index in [0.717, 1.165) is 11.3 Å². The Labute approximate surface area is 153 Å². The van der Waals surface area contributed by atoms with Gasteiger partial charge in [-0.05, 0) is 36.8 Å². The van der Waals surface area contributed by atoms with Crippen molar-refractivity contribution in [2.45, 2.75) is 18.9 Å². The Morgan fingerprint density at radius 3 is 2.92 bits per heavy atom. The zero-order valence-electron chi connectivity index (χ0n) is 14.9. The van der Waals surface area contributed by atoms with Crippen molar-refractivity contribution in [1.82, 2.24) is 9.88 Å². The Hall–Kier alpha value is -2.44. The molecule has 6 nitrogen and oxygen atoms in total. The van der Waals surface area contributed by atoms with Crippen LogP contribution in [0, 0.1) is 6.92 Å². The third-order valence-electron chi connectivity index (χ3n) is 4.28. The number of aryl methyl sites for hydroxylation is 1. The molecule has 26 heavy (non-hydrogen) atoms. The topological polar surface area (TPSA) is 71.9 Å². The molecular formula is C20H24N2O4. The van der Waals surface area contributed by atoms with Crippen molar-refractivity contribution >= 4 is 5.91 Å². The van der Waals surface area contributed by atoms with Gasteiger partial charge in [0.05, 0.1) is 26.2 Å². The lowest BCUT2D eigenvalue weighted by Crippen LogP contribution is -2.50. The fraction of sp³-hybridized carbons (Fsp3) is 0.400. The summed E-state index contributed by atoms with van der Waals surface area (Å²) < 4.78 is 11.2. The fourth-order valence-corrected chi connectivity index (χ4v) is 2.95. The van der Waals surface area contributed by atoms with E-state index in [9.17, 15) is 9.90 Å². The summed E-state index contributed by atoms with van der Waals surface area (Å²) >= 11 is 0. The van der Waals surface area contributed by atoms with E-state index in [4.69, 9.17) is 9.47 Å². The monoisotopic (exact) mass is 356 g/mol. The van der Waals surface area contributed by atoms with Crippen LogP contribution in [-0.4, -0.2) is 59.4 Å². The molecule has 0 aliphatic carbocycles. The van der Waals surface area contributed by atoms with Gasteiger partial charge in [0, 0.05) is 18.4 Å². The molecule has 1 amide bonds. The average Bonchev–Trinajstić information content (AvgIpc) is 2.83. The predicted molar refractivity (Wildman–Crippen MR) is 97.0 cm³/mol. The molecule has 1 aromatic carbocycles. The maximum atomic E-state index is 12.7. The van der Waals surface area contributed by atoms with Crippen LogP contribution in [0.3, 0.4) is 0 Å². The minimum Gasteiger partial charge on any atom is -0.490 e. The van der Waals surface area contributed by atoms with E-state index in [0.29, 0.717) is 18.9 Å². The number of hydrogen-bond donors (Lipinski definition) is 1. The van der Waals surface area contributed by atoms with Crippen LogP contribution in [0.15, 0.2) is 48.7 Å². The lowest BCUT2D eigenvalue weighted by atomic mass is 10.1. The van der Waals surface area contributed by atoms with E-state index in [1.54, 1.807) is 11.1 Å². The van der Waals surface area contributed by atoms with Gasteiger partial charge in [-0.25, -0.2) is 0 Å². The van der Waals surface area contributed by atoms with Crippen LogP contribution < -0.4 is 4.74 Å². The first-order chi connectivity index (χ1) is 12.5. The molecule has 1 saturated heterocycles. The number of benzene rings is 1. The molecule has 1 fully saturated rings. The van der Waals surface area contributed by atoms with Gasteiger partial charge in [-0.3, -0.25) is 9.78 Å². The standard InChI is InChI=1S/C20H24N2O4/c1-16-11-17(7-8-21-16)12-19(23)22-9-10-25-14-20(24,13-22)15-26-18-5-3-2-4-6-18/h2-8,11,24H,9-10,12-15H2,1H3/t20-/m1/s1. The molecule has 3 rings (SSSR count). The summed E-state index contributed by atoms with van der Waals surface area (Å²) in [6.45, 7) is 3.13. The van der Waals surface area contributed by atoms with E-state index >= 15 is 0 Å². The second kappa shape index (κ2) is 8.29. The Bertz CT molecular complexity index is 738. The van der Waals surface area contributed by atoms with Gasteiger partial charge in [0.1, 0.15) is 18.0 Å². The zero-order chi connectivity index (χ0) is 18.4. The molecule has 1 aromatic heterocycles. The second-order valence-electron chi connectivity index (χ2n) is 6.68. The van der Waals surface area contributed by atoms with Crippen molar-refractivity contribution in [2.24, 2.45) is 0 Å². The van der Waals surface area contributed by atoms with Crippen LogP contribution in [0.1, 0.15) is 11.3 Å². The lowest BCUT2D eigenvalue weighted by Gasteiger charge is -2.30. The molecule has 6 heteroatoms. The molecule has 2 heterocycles. The minimum atomic E-state index is -1.24. The van der Waals surface area contributed by atoms with Gasteiger partial charge in [0.25, 0.3) is 0 Å². The van der Waals surface area contributed by atoms with Gasteiger partial charge < -0.3 is 19.5 Å². The first-order valence-corrected chi connectivity index (χ1v) is 8.71. The fourth-order valence-electron chi connectivity index (χ4n) is 2.95. The SMILES string of the molecule is Cc1cc(CC(=O)N2CCOC[C@@](O)(COc3ccccc3)C2)ccn1. The highest BCUT2D eigenvalue weighted by Gasteiger charge is 2.35. The van der Waals surface area contributed by atoms with Gasteiger partial charge in [0.15, 0.2) is 0 Å². The summed E-state index contributed by atoms with van der Waals surface area (Å²) in [5, 5.41) is 10.9. The molecule has 1 aliphatic rings. The first-order valence-electron chi connectivity index (χ1n) is 8.71. The molecule has 138 valence electrons. The summed E-state index contributed by atoms with van der Waals surface area (Å²) in [6, 6.07) is 13.0. The maximum absolute atomic E-state index is 12.7. The number of aliphatic hydroxyl groups is 1. The van der Waals surface area contributed by atoms with Crippen LogP contribution in [0.4, 0.5) is 0 Å². The molecule has 0 saturated carbocycles. The molecule has 1 N–H and O–H groups in total. The smallest absolute Gasteiger partial charge is 0.227 e. The summed E-state index contributed by atoms with van der Waals surface area (Å²) in [7, 11) is 0. The Kier molecular flexibility index (Phi) is 5.85. The summed E-state index contributed by atoms with van der Waals surface area (Å²) in [5.41, 5.74) is 0.551. The van der Waals surface area contributed by atoms with Crippen molar-refractivity contribution in [3.63, 3.8) is 0 Å². The Balaban J connectivity index is 1.63. The van der Waals surface area contributed by atoms with Crippen LogP contribution in [0.5, 0.6) is 5.75 Å². The van der Waals surface area contributed by atoms with Gasteiger partial charge >= 0.3 is 0 Å². The van der Waals surface area contributed by atoms with E-state index in [1.807, 2.05) is 49.4 Å². The van der Waals surface area contributed by atoms with Crippen LogP contribution in [-0.2, 0) is 16.0 Å². The number of aromatic nitrogens is 1. The van der Waals surface area contributed by atoms with Crippen LogP contribution in [0.25, 0.3) is 0 Å². The summed E-state index contributed by atoms with van der Waals surface area (Å²) in [4.78, 5) is 18.5. The lowest BCUT2D eigenvalue weighted by molar-refractivity contribution is -0.134. The van der Waals surface area contributed by atoms with Gasteiger partial charge in [0.2, 0.25) is 5.91 Å². The van der Waals surface area contributed by atoms with Crippen molar-refractivity contribution in [1.29, 1.82) is 0 Å². The quantitative estimate of drug-likeness (QED) is 0.881. The third kappa shape index (κ3) is 5.03. The first kappa shape index (κ1) is 18.4. The van der Waals surface area contributed by atoms with Crippen molar-refractivity contribution in [3.05, 3.63) is 59.9 Å². The molecular weight excluding hydrogens is 332 g/mol. The molecule has 0 radical (unpaired) electrons. The Morgan fingerprint density at radius 1 is 1.35 bits per heavy atom. The summed E-state index contributed by atoms with van der Waals surface area (Å²) in [6.07, 6.45) is 1.98. The summed E-state index contributed by atoms with van der Waals surface area (Å²) in [5.74, 6) is 0.634. The number of carbonyl (C=O) groups excluding carboxylic acids is 1. The van der Waals surface area contributed by atoms with Crippen LogP contribution in [0.2, 0.25) is 0 Å².